The zero-order valence-electron chi connectivity index (χ0n) is 10.9. The lowest BCUT2D eigenvalue weighted by Gasteiger charge is -2.04. The van der Waals surface area contributed by atoms with Crippen molar-refractivity contribution in [2.24, 2.45) is 0 Å². The molecule has 3 aromatic rings. The molecule has 0 unspecified atom stereocenters. The van der Waals surface area contributed by atoms with Gasteiger partial charge in [-0.1, -0.05) is 11.6 Å². The van der Waals surface area contributed by atoms with Crippen molar-refractivity contribution < 1.29 is 0 Å². The van der Waals surface area contributed by atoms with Gasteiger partial charge in [-0.3, -0.25) is 0 Å². The maximum atomic E-state index is 6.05. The Labute approximate surface area is 125 Å². The average molecular weight is 305 g/mol. The molecule has 0 aliphatic heterocycles. The minimum Gasteiger partial charge on any atom is -0.384 e. The highest BCUT2D eigenvalue weighted by Gasteiger charge is 2.09. The highest BCUT2D eigenvalue weighted by molar-refractivity contribution is 7.19. The SMILES string of the molecule is Cc1c(CNc2nccc(N)n2)sc2ccc(Cl)cc12. The lowest BCUT2D eigenvalue weighted by molar-refractivity contribution is 1.07. The topological polar surface area (TPSA) is 63.8 Å². The van der Waals surface area contributed by atoms with Crippen LogP contribution in [0.2, 0.25) is 5.02 Å². The zero-order chi connectivity index (χ0) is 14.1. The van der Waals surface area contributed by atoms with E-state index < -0.39 is 0 Å². The van der Waals surface area contributed by atoms with Gasteiger partial charge in [0.05, 0.1) is 6.54 Å². The van der Waals surface area contributed by atoms with Gasteiger partial charge in [0.2, 0.25) is 5.95 Å². The van der Waals surface area contributed by atoms with Crippen LogP contribution in [0.1, 0.15) is 10.4 Å². The predicted octanol–water partition coefficient (Wildman–Crippen LogP) is 3.85. The number of nitrogens with two attached hydrogens (primary N) is 1. The van der Waals surface area contributed by atoms with E-state index in [1.807, 2.05) is 12.1 Å². The number of rotatable bonds is 3. The van der Waals surface area contributed by atoms with Gasteiger partial charge in [0.1, 0.15) is 5.82 Å². The molecule has 2 aromatic heterocycles. The first-order valence-corrected chi connectivity index (χ1v) is 7.33. The third-order valence-corrected chi connectivity index (χ3v) is 4.59. The fourth-order valence-corrected chi connectivity index (χ4v) is 3.33. The van der Waals surface area contributed by atoms with Gasteiger partial charge in [-0.25, -0.2) is 4.98 Å². The van der Waals surface area contributed by atoms with Crippen LogP contribution in [0.4, 0.5) is 11.8 Å². The van der Waals surface area contributed by atoms with E-state index in [-0.39, 0.29) is 0 Å². The summed E-state index contributed by atoms with van der Waals surface area (Å²) in [6, 6.07) is 7.63. The summed E-state index contributed by atoms with van der Waals surface area (Å²) in [5.41, 5.74) is 6.87. The van der Waals surface area contributed by atoms with Crippen LogP contribution in [0.15, 0.2) is 30.5 Å². The van der Waals surface area contributed by atoms with Gasteiger partial charge in [-0.15, -0.1) is 11.3 Å². The van der Waals surface area contributed by atoms with Crippen molar-refractivity contribution >= 4 is 44.8 Å². The van der Waals surface area contributed by atoms with Crippen molar-refractivity contribution in [3.8, 4) is 0 Å². The Bertz CT molecular complexity index is 769. The summed E-state index contributed by atoms with van der Waals surface area (Å²) < 4.78 is 1.23. The Kier molecular flexibility index (Phi) is 3.46. The molecule has 0 spiro atoms. The molecular weight excluding hydrogens is 292 g/mol. The largest absolute Gasteiger partial charge is 0.384 e. The van der Waals surface area contributed by atoms with E-state index in [4.69, 9.17) is 17.3 Å². The number of aromatic nitrogens is 2. The van der Waals surface area contributed by atoms with E-state index in [1.165, 1.54) is 20.5 Å². The van der Waals surface area contributed by atoms with Gasteiger partial charge in [-0.2, -0.15) is 4.98 Å². The quantitative estimate of drug-likeness (QED) is 0.771. The molecule has 102 valence electrons. The van der Waals surface area contributed by atoms with Crippen molar-refractivity contribution in [3.05, 3.63) is 45.9 Å². The molecule has 0 atom stereocenters. The smallest absolute Gasteiger partial charge is 0.224 e. The Morgan fingerprint density at radius 1 is 1.35 bits per heavy atom. The number of aryl methyl sites for hydroxylation is 1. The average Bonchev–Trinajstić information content (AvgIpc) is 2.73. The van der Waals surface area contributed by atoms with Crippen LogP contribution in [0, 0.1) is 6.92 Å². The summed E-state index contributed by atoms with van der Waals surface area (Å²) in [4.78, 5) is 9.50. The third kappa shape index (κ3) is 2.55. The second-order valence-corrected chi connectivity index (χ2v) is 6.02. The van der Waals surface area contributed by atoms with Gasteiger partial charge in [0, 0.05) is 20.8 Å². The molecule has 0 amide bonds. The van der Waals surface area contributed by atoms with Gasteiger partial charge in [-0.05, 0) is 42.1 Å². The van der Waals surface area contributed by atoms with Crippen LogP contribution < -0.4 is 11.1 Å². The fourth-order valence-electron chi connectivity index (χ4n) is 2.03. The van der Waals surface area contributed by atoms with E-state index in [1.54, 1.807) is 23.6 Å². The predicted molar refractivity (Wildman–Crippen MR) is 85.3 cm³/mol. The maximum absolute atomic E-state index is 6.05. The standard InChI is InChI=1S/C14H13ClN4S/c1-8-10-6-9(15)2-3-11(10)20-12(8)7-18-14-17-5-4-13(16)19-14/h2-6H,7H2,1H3,(H3,16,17,18,19). The molecule has 2 heterocycles. The molecular formula is C14H13ClN4S. The van der Waals surface area contributed by atoms with Crippen LogP contribution in [0.5, 0.6) is 0 Å². The van der Waals surface area contributed by atoms with E-state index >= 15 is 0 Å². The molecule has 0 saturated carbocycles. The lowest BCUT2D eigenvalue weighted by Crippen LogP contribution is -2.04. The Balaban J connectivity index is 1.86. The Morgan fingerprint density at radius 3 is 3.00 bits per heavy atom. The molecule has 1 aromatic carbocycles. The van der Waals surface area contributed by atoms with Gasteiger partial charge >= 0.3 is 0 Å². The highest BCUT2D eigenvalue weighted by atomic mass is 35.5. The van der Waals surface area contributed by atoms with Gasteiger partial charge in [0.15, 0.2) is 0 Å². The van der Waals surface area contributed by atoms with Crippen molar-refractivity contribution in [2.45, 2.75) is 13.5 Å². The zero-order valence-corrected chi connectivity index (χ0v) is 12.4. The van der Waals surface area contributed by atoms with Crippen LogP contribution >= 0.6 is 22.9 Å². The minimum atomic E-state index is 0.461. The third-order valence-electron chi connectivity index (χ3n) is 3.08. The van der Waals surface area contributed by atoms with Crippen molar-refractivity contribution in [3.63, 3.8) is 0 Å². The fraction of sp³-hybridized carbons (Fsp3) is 0.143. The number of nitrogen functional groups attached to an aromatic ring is 1. The molecule has 0 radical (unpaired) electrons. The summed E-state index contributed by atoms with van der Waals surface area (Å²) in [5.74, 6) is 1.00. The number of nitrogens with one attached hydrogen (secondary N) is 1. The lowest BCUT2D eigenvalue weighted by atomic mass is 10.1. The minimum absolute atomic E-state index is 0.461. The summed E-state index contributed by atoms with van der Waals surface area (Å²) in [6.07, 6.45) is 1.64. The maximum Gasteiger partial charge on any atom is 0.224 e. The molecule has 0 saturated heterocycles. The van der Waals surface area contributed by atoms with Gasteiger partial charge < -0.3 is 11.1 Å². The van der Waals surface area contributed by atoms with Crippen molar-refractivity contribution in [2.75, 3.05) is 11.1 Å². The Hall–Kier alpha value is -1.85. The number of hydrogen-bond acceptors (Lipinski definition) is 5. The van der Waals surface area contributed by atoms with Crippen molar-refractivity contribution in [1.29, 1.82) is 0 Å². The first kappa shape index (κ1) is 13.1. The molecule has 20 heavy (non-hydrogen) atoms. The number of nitrogens with zero attached hydrogens (tertiary/aromatic N) is 2. The number of anilines is 2. The molecule has 3 N–H and O–H groups in total. The number of benzene rings is 1. The van der Waals surface area contributed by atoms with E-state index in [2.05, 4.69) is 28.3 Å². The van der Waals surface area contributed by atoms with Crippen molar-refractivity contribution in [1.82, 2.24) is 9.97 Å². The monoisotopic (exact) mass is 304 g/mol. The van der Waals surface area contributed by atoms with Crippen LogP contribution in [-0.4, -0.2) is 9.97 Å². The first-order chi connectivity index (χ1) is 9.63. The molecule has 0 bridgehead atoms. The summed E-state index contributed by atoms with van der Waals surface area (Å²) >= 11 is 7.79. The summed E-state index contributed by atoms with van der Waals surface area (Å²) in [7, 11) is 0. The number of hydrogen-bond donors (Lipinski definition) is 2. The van der Waals surface area contributed by atoms with Crippen LogP contribution in [0.3, 0.4) is 0 Å². The normalized spacial score (nSPS) is 10.9. The van der Waals surface area contributed by atoms with Crippen LogP contribution in [-0.2, 0) is 6.54 Å². The molecule has 3 rings (SSSR count). The summed E-state index contributed by atoms with van der Waals surface area (Å²) in [5, 5.41) is 5.16. The second kappa shape index (κ2) is 5.26. The highest BCUT2D eigenvalue weighted by Crippen LogP contribution is 2.32. The first-order valence-electron chi connectivity index (χ1n) is 6.13. The molecule has 4 nitrogen and oxygen atoms in total. The van der Waals surface area contributed by atoms with Crippen LogP contribution in [0.25, 0.3) is 10.1 Å². The second-order valence-electron chi connectivity index (χ2n) is 4.45. The number of halogens is 1. The van der Waals surface area contributed by atoms with E-state index in [0.717, 1.165) is 5.02 Å². The molecule has 0 aliphatic rings. The summed E-state index contributed by atoms with van der Waals surface area (Å²) in [6.45, 7) is 2.78. The Morgan fingerprint density at radius 2 is 2.20 bits per heavy atom. The van der Waals surface area contributed by atoms with E-state index in [0.29, 0.717) is 18.3 Å². The van der Waals surface area contributed by atoms with Gasteiger partial charge in [0.25, 0.3) is 0 Å². The van der Waals surface area contributed by atoms with E-state index in [9.17, 15) is 0 Å². The molecule has 6 heteroatoms. The molecule has 0 aliphatic carbocycles. The number of thiophene rings is 1. The number of fused-ring (bicyclic) bond motifs is 1. The molecule has 0 fully saturated rings.